The van der Waals surface area contributed by atoms with Crippen molar-refractivity contribution in [2.75, 3.05) is 38.2 Å². The van der Waals surface area contributed by atoms with Crippen LogP contribution in [0.5, 0.6) is 5.75 Å². The van der Waals surface area contributed by atoms with Crippen LogP contribution in [0.1, 0.15) is 18.4 Å². The van der Waals surface area contributed by atoms with E-state index in [0.717, 1.165) is 12.3 Å². The van der Waals surface area contributed by atoms with Gasteiger partial charge in [-0.05, 0) is 37.6 Å². The second-order valence-electron chi connectivity index (χ2n) is 7.28. The number of rotatable bonds is 4. The third-order valence-electron chi connectivity index (χ3n) is 5.66. The summed E-state index contributed by atoms with van der Waals surface area (Å²) in [5.41, 5.74) is 3.14. The minimum Gasteiger partial charge on any atom is -0.496 e. The van der Waals surface area contributed by atoms with Gasteiger partial charge in [0.2, 0.25) is 0 Å². The van der Waals surface area contributed by atoms with Crippen LogP contribution in [0.2, 0.25) is 0 Å². The molecule has 1 atom stereocenters. The number of para-hydroxylation sites is 2. The van der Waals surface area contributed by atoms with Crippen LogP contribution in [0.25, 0.3) is 0 Å². The van der Waals surface area contributed by atoms with E-state index in [4.69, 9.17) is 4.74 Å². The fourth-order valence-corrected chi connectivity index (χ4v) is 4.36. The maximum absolute atomic E-state index is 5.51. The molecule has 2 aliphatic rings. The van der Waals surface area contributed by atoms with Gasteiger partial charge in [-0.15, -0.1) is 0 Å². The Balaban J connectivity index is 1.42. The third kappa shape index (κ3) is 3.01. The average molecular weight is 322 g/mol. The number of methoxy groups -OCH3 is 1. The molecule has 3 nitrogen and oxygen atoms in total. The van der Waals surface area contributed by atoms with Gasteiger partial charge in [-0.1, -0.05) is 36.4 Å². The summed E-state index contributed by atoms with van der Waals surface area (Å²) in [5, 5.41) is 0. The van der Waals surface area contributed by atoms with Gasteiger partial charge < -0.3 is 9.64 Å². The number of hydrogen-bond donors (Lipinski definition) is 0. The summed E-state index contributed by atoms with van der Waals surface area (Å²) in [6, 6.07) is 19.3. The molecule has 4 rings (SSSR count). The molecule has 2 saturated heterocycles. The number of likely N-dealkylation sites (tertiary alicyclic amines) is 1. The number of anilines is 1. The van der Waals surface area contributed by atoms with E-state index < -0.39 is 0 Å². The van der Waals surface area contributed by atoms with Crippen LogP contribution in [-0.4, -0.2) is 38.2 Å². The normalized spacial score (nSPS) is 24.0. The van der Waals surface area contributed by atoms with Crippen molar-refractivity contribution in [1.82, 2.24) is 4.90 Å². The summed E-state index contributed by atoms with van der Waals surface area (Å²) in [6.45, 7) is 5.78. The molecule has 126 valence electrons. The van der Waals surface area contributed by atoms with Crippen LogP contribution in [-0.2, 0) is 6.54 Å². The largest absolute Gasteiger partial charge is 0.496 e. The summed E-state index contributed by atoms with van der Waals surface area (Å²) >= 11 is 0. The molecule has 3 heteroatoms. The van der Waals surface area contributed by atoms with Crippen molar-refractivity contribution in [3.05, 3.63) is 60.2 Å². The summed E-state index contributed by atoms with van der Waals surface area (Å²) in [7, 11) is 1.76. The third-order valence-corrected chi connectivity index (χ3v) is 5.66. The van der Waals surface area contributed by atoms with Gasteiger partial charge in [-0.2, -0.15) is 0 Å². The number of ether oxygens (including phenoxy) is 1. The van der Waals surface area contributed by atoms with Gasteiger partial charge in [-0.3, -0.25) is 4.90 Å². The van der Waals surface area contributed by atoms with Crippen molar-refractivity contribution < 1.29 is 4.74 Å². The van der Waals surface area contributed by atoms with Crippen LogP contribution in [0, 0.1) is 5.41 Å². The second kappa shape index (κ2) is 6.48. The SMILES string of the molecule is COc1ccccc1CN1CCC2(CCN(c3ccccc3)C2)C1. The molecule has 2 aromatic rings. The Kier molecular flexibility index (Phi) is 4.19. The highest BCUT2D eigenvalue weighted by Crippen LogP contribution is 2.41. The molecule has 0 bridgehead atoms. The van der Waals surface area contributed by atoms with Gasteiger partial charge in [0, 0.05) is 42.8 Å². The molecule has 1 unspecified atom stereocenters. The van der Waals surface area contributed by atoms with Gasteiger partial charge >= 0.3 is 0 Å². The maximum atomic E-state index is 5.51. The van der Waals surface area contributed by atoms with Gasteiger partial charge in [0.1, 0.15) is 5.75 Å². The van der Waals surface area contributed by atoms with E-state index >= 15 is 0 Å². The molecule has 2 heterocycles. The summed E-state index contributed by atoms with van der Waals surface area (Å²) in [5.74, 6) is 1.01. The molecular formula is C21H26N2O. The topological polar surface area (TPSA) is 15.7 Å². The van der Waals surface area contributed by atoms with Crippen molar-refractivity contribution in [2.45, 2.75) is 19.4 Å². The first-order chi connectivity index (χ1) is 11.8. The van der Waals surface area contributed by atoms with Crippen molar-refractivity contribution in [1.29, 1.82) is 0 Å². The zero-order valence-corrected chi connectivity index (χ0v) is 14.4. The Morgan fingerprint density at radius 2 is 1.67 bits per heavy atom. The lowest BCUT2D eigenvalue weighted by Gasteiger charge is -2.26. The van der Waals surface area contributed by atoms with E-state index in [0.29, 0.717) is 5.41 Å². The van der Waals surface area contributed by atoms with Crippen LogP contribution in [0.15, 0.2) is 54.6 Å². The minimum absolute atomic E-state index is 0.470. The monoisotopic (exact) mass is 322 g/mol. The molecular weight excluding hydrogens is 296 g/mol. The highest BCUT2D eigenvalue weighted by molar-refractivity contribution is 5.47. The first-order valence-corrected chi connectivity index (χ1v) is 8.92. The zero-order valence-electron chi connectivity index (χ0n) is 14.4. The predicted octanol–water partition coefficient (Wildman–Crippen LogP) is 3.80. The van der Waals surface area contributed by atoms with E-state index in [1.807, 2.05) is 6.07 Å². The summed E-state index contributed by atoms with van der Waals surface area (Å²) in [4.78, 5) is 5.17. The Morgan fingerprint density at radius 3 is 2.50 bits per heavy atom. The molecule has 0 aliphatic carbocycles. The fourth-order valence-electron chi connectivity index (χ4n) is 4.36. The van der Waals surface area contributed by atoms with Crippen molar-refractivity contribution in [2.24, 2.45) is 5.41 Å². The van der Waals surface area contributed by atoms with E-state index in [2.05, 4.69) is 58.3 Å². The van der Waals surface area contributed by atoms with E-state index in [-0.39, 0.29) is 0 Å². The molecule has 1 spiro atoms. The number of hydrogen-bond acceptors (Lipinski definition) is 3. The van der Waals surface area contributed by atoms with Gasteiger partial charge in [-0.25, -0.2) is 0 Å². The van der Waals surface area contributed by atoms with Gasteiger partial charge in [0.25, 0.3) is 0 Å². The molecule has 0 radical (unpaired) electrons. The standard InChI is InChI=1S/C21H26N2O/c1-24-20-10-6-5-7-18(20)15-22-13-11-21(16-22)12-14-23(17-21)19-8-3-2-4-9-19/h2-10H,11-17H2,1H3. The highest BCUT2D eigenvalue weighted by Gasteiger charge is 2.43. The second-order valence-corrected chi connectivity index (χ2v) is 7.28. The lowest BCUT2D eigenvalue weighted by molar-refractivity contribution is 0.267. The van der Waals surface area contributed by atoms with Crippen LogP contribution in [0.4, 0.5) is 5.69 Å². The number of nitrogens with zero attached hydrogens (tertiary/aromatic N) is 2. The molecule has 0 amide bonds. The van der Waals surface area contributed by atoms with Crippen LogP contribution in [0.3, 0.4) is 0 Å². The van der Waals surface area contributed by atoms with E-state index in [9.17, 15) is 0 Å². The lowest BCUT2D eigenvalue weighted by atomic mass is 9.86. The Bertz CT molecular complexity index is 687. The Hall–Kier alpha value is -2.00. The van der Waals surface area contributed by atoms with Crippen LogP contribution >= 0.6 is 0 Å². The number of benzene rings is 2. The Morgan fingerprint density at radius 1 is 0.917 bits per heavy atom. The molecule has 0 aromatic heterocycles. The molecule has 24 heavy (non-hydrogen) atoms. The smallest absolute Gasteiger partial charge is 0.123 e. The first-order valence-electron chi connectivity index (χ1n) is 8.92. The lowest BCUT2D eigenvalue weighted by Crippen LogP contribution is -2.30. The van der Waals surface area contributed by atoms with Gasteiger partial charge in [0.15, 0.2) is 0 Å². The van der Waals surface area contributed by atoms with E-state index in [1.165, 1.54) is 50.3 Å². The average Bonchev–Trinajstić information content (AvgIpc) is 3.23. The molecule has 2 fully saturated rings. The maximum Gasteiger partial charge on any atom is 0.123 e. The Labute approximate surface area is 144 Å². The van der Waals surface area contributed by atoms with Crippen molar-refractivity contribution >= 4 is 5.69 Å². The molecule has 0 N–H and O–H groups in total. The van der Waals surface area contributed by atoms with E-state index in [1.54, 1.807) is 7.11 Å². The van der Waals surface area contributed by atoms with Crippen molar-refractivity contribution in [3.63, 3.8) is 0 Å². The minimum atomic E-state index is 0.470. The van der Waals surface area contributed by atoms with Crippen molar-refractivity contribution in [3.8, 4) is 5.75 Å². The predicted molar refractivity (Wildman–Crippen MR) is 98.6 cm³/mol. The molecule has 2 aliphatic heterocycles. The summed E-state index contributed by atoms with van der Waals surface area (Å²) < 4.78 is 5.51. The quantitative estimate of drug-likeness (QED) is 0.851. The summed E-state index contributed by atoms with van der Waals surface area (Å²) in [6.07, 6.45) is 2.62. The fraction of sp³-hybridized carbons (Fsp3) is 0.429. The van der Waals surface area contributed by atoms with Gasteiger partial charge in [0.05, 0.1) is 7.11 Å². The highest BCUT2D eigenvalue weighted by atomic mass is 16.5. The molecule has 2 aromatic carbocycles. The van der Waals surface area contributed by atoms with Crippen LogP contribution < -0.4 is 9.64 Å². The zero-order chi connectivity index (χ0) is 16.4. The first kappa shape index (κ1) is 15.5. The molecule has 0 saturated carbocycles.